The van der Waals surface area contributed by atoms with E-state index in [4.69, 9.17) is 4.42 Å². The monoisotopic (exact) mass is 192 g/mol. The van der Waals surface area contributed by atoms with Crippen LogP contribution in [0.15, 0.2) is 35.8 Å². The molecule has 0 saturated heterocycles. The van der Waals surface area contributed by atoms with Gasteiger partial charge in [-0.25, -0.2) is 0 Å². The topological polar surface area (TPSA) is 38.9 Å². The van der Waals surface area contributed by atoms with Crippen LogP contribution in [0.3, 0.4) is 0 Å². The Balaban J connectivity index is 0.000000791. The van der Waals surface area contributed by atoms with E-state index in [1.807, 2.05) is 13.8 Å². The first-order valence-electron chi connectivity index (χ1n) is 4.53. The van der Waals surface area contributed by atoms with Gasteiger partial charge in [0.1, 0.15) is 0 Å². The third-order valence-corrected chi connectivity index (χ3v) is 1.29. The molecule has 0 aliphatic rings. The summed E-state index contributed by atoms with van der Waals surface area (Å²) in [5.74, 6) is 1.02. The molecule has 1 aromatic heterocycles. The molecule has 0 bridgehead atoms. The third kappa shape index (κ3) is 3.39. The van der Waals surface area contributed by atoms with E-state index in [0.717, 1.165) is 5.57 Å². The molecule has 0 spiro atoms. The van der Waals surface area contributed by atoms with Crippen LogP contribution in [0.25, 0.3) is 5.57 Å². The predicted molar refractivity (Wildman–Crippen MR) is 58.8 cm³/mol. The van der Waals surface area contributed by atoms with Gasteiger partial charge in [-0.2, -0.15) is 0 Å². The van der Waals surface area contributed by atoms with Gasteiger partial charge in [-0.05, 0) is 0 Å². The molecule has 1 aromatic rings. The van der Waals surface area contributed by atoms with Crippen molar-refractivity contribution in [3.63, 3.8) is 0 Å². The minimum absolute atomic E-state index is 0.474. The highest BCUT2D eigenvalue weighted by Gasteiger charge is 2.03. The Morgan fingerprint density at radius 2 is 1.93 bits per heavy atom. The van der Waals surface area contributed by atoms with Crippen LogP contribution >= 0.6 is 0 Å². The fourth-order valence-corrected chi connectivity index (χ4v) is 0.767. The molecule has 0 unspecified atom stereocenters. The first-order valence-corrected chi connectivity index (χ1v) is 4.53. The lowest BCUT2D eigenvalue weighted by atomic mass is 10.2. The lowest BCUT2D eigenvalue weighted by Crippen LogP contribution is -1.79. The normalized spacial score (nSPS) is 10.1. The van der Waals surface area contributed by atoms with Gasteiger partial charge in [0.25, 0.3) is 0 Å². The highest BCUT2D eigenvalue weighted by molar-refractivity contribution is 5.68. The summed E-state index contributed by atoms with van der Waals surface area (Å²) in [6.45, 7) is 12.9. The molecule has 0 fully saturated rings. The fourth-order valence-electron chi connectivity index (χ4n) is 0.767. The Morgan fingerprint density at radius 3 is 2.29 bits per heavy atom. The number of rotatable bonds is 3. The summed E-state index contributed by atoms with van der Waals surface area (Å²) in [7, 11) is 0. The van der Waals surface area contributed by atoms with Crippen molar-refractivity contribution >= 4 is 5.57 Å². The van der Waals surface area contributed by atoms with Gasteiger partial charge in [0.15, 0.2) is 0 Å². The maximum absolute atomic E-state index is 5.18. The van der Waals surface area contributed by atoms with Crippen LogP contribution in [0.5, 0.6) is 0 Å². The first-order chi connectivity index (χ1) is 6.77. The molecule has 0 amide bonds. The molecule has 3 heteroatoms. The predicted octanol–water partition coefficient (Wildman–Crippen LogP) is 3.16. The van der Waals surface area contributed by atoms with Gasteiger partial charge < -0.3 is 4.42 Å². The highest BCUT2D eigenvalue weighted by atomic mass is 16.4. The average molecular weight is 192 g/mol. The Morgan fingerprint density at radius 1 is 1.29 bits per heavy atom. The molecule has 0 radical (unpaired) electrons. The largest absolute Gasteiger partial charge is 0.421 e. The zero-order valence-corrected chi connectivity index (χ0v) is 8.95. The molecular weight excluding hydrogens is 176 g/mol. The van der Waals surface area contributed by atoms with E-state index >= 15 is 0 Å². The van der Waals surface area contributed by atoms with Crippen molar-refractivity contribution in [3.8, 4) is 0 Å². The number of nitrogens with zero attached hydrogens (tertiary/aromatic N) is 2. The number of hydrogen-bond donors (Lipinski definition) is 0. The average Bonchev–Trinajstić information content (AvgIpc) is 2.64. The van der Waals surface area contributed by atoms with E-state index < -0.39 is 0 Å². The van der Waals surface area contributed by atoms with Crippen molar-refractivity contribution in [1.82, 2.24) is 10.2 Å². The Kier molecular flexibility index (Phi) is 6.03. The second-order valence-corrected chi connectivity index (χ2v) is 2.19. The molecule has 3 nitrogen and oxygen atoms in total. The molecule has 14 heavy (non-hydrogen) atoms. The molecular formula is C11H16N2O. The molecule has 0 aliphatic carbocycles. The lowest BCUT2D eigenvalue weighted by Gasteiger charge is -1.90. The van der Waals surface area contributed by atoms with E-state index in [9.17, 15) is 0 Å². The summed E-state index contributed by atoms with van der Waals surface area (Å²) >= 11 is 0. The standard InChI is InChI=1S/C9H10N2O.C2H6/c1-4-6-8(5-2)9-11-10-7(3)12-9;1-2/h4-6H,1-2H2,3H3;1-2H3/b8-6+;. The Bertz CT molecular complexity index is 324. The van der Waals surface area contributed by atoms with Crippen molar-refractivity contribution in [1.29, 1.82) is 0 Å². The van der Waals surface area contributed by atoms with Crippen LogP contribution in [0, 0.1) is 6.92 Å². The van der Waals surface area contributed by atoms with Gasteiger partial charge in [0.2, 0.25) is 11.8 Å². The zero-order valence-electron chi connectivity index (χ0n) is 8.95. The summed E-state index contributed by atoms with van der Waals surface area (Å²) in [6.07, 6.45) is 5.06. The summed E-state index contributed by atoms with van der Waals surface area (Å²) in [4.78, 5) is 0. The number of aryl methyl sites for hydroxylation is 1. The van der Waals surface area contributed by atoms with E-state index in [1.165, 1.54) is 0 Å². The summed E-state index contributed by atoms with van der Waals surface area (Å²) < 4.78 is 5.18. The lowest BCUT2D eigenvalue weighted by molar-refractivity contribution is 0.507. The second kappa shape index (κ2) is 6.83. The van der Waals surface area contributed by atoms with Crippen LogP contribution in [0.1, 0.15) is 25.6 Å². The van der Waals surface area contributed by atoms with Crippen molar-refractivity contribution in [2.24, 2.45) is 0 Å². The number of allylic oxidation sites excluding steroid dienone is 4. The van der Waals surface area contributed by atoms with E-state index in [-0.39, 0.29) is 0 Å². The third-order valence-electron chi connectivity index (χ3n) is 1.29. The summed E-state index contributed by atoms with van der Waals surface area (Å²) in [5.41, 5.74) is 0.783. The van der Waals surface area contributed by atoms with Crippen LogP contribution < -0.4 is 0 Å². The zero-order chi connectivity index (χ0) is 11.0. The van der Waals surface area contributed by atoms with Crippen LogP contribution in [0.4, 0.5) is 0 Å². The van der Waals surface area contributed by atoms with Crippen molar-refractivity contribution in [2.75, 3.05) is 0 Å². The molecule has 0 saturated carbocycles. The van der Waals surface area contributed by atoms with E-state index in [1.54, 1.807) is 25.2 Å². The van der Waals surface area contributed by atoms with E-state index in [0.29, 0.717) is 11.8 Å². The highest BCUT2D eigenvalue weighted by Crippen LogP contribution is 2.12. The van der Waals surface area contributed by atoms with Crippen LogP contribution in [-0.4, -0.2) is 10.2 Å². The van der Waals surface area contributed by atoms with Crippen molar-refractivity contribution in [3.05, 3.63) is 43.2 Å². The number of hydrogen-bond acceptors (Lipinski definition) is 3. The SMILES string of the molecule is C=C/C=C(\C=C)c1nnc(C)o1.CC. The van der Waals surface area contributed by atoms with Gasteiger partial charge in [-0.3, -0.25) is 0 Å². The maximum atomic E-state index is 5.18. The summed E-state index contributed by atoms with van der Waals surface area (Å²) in [6, 6.07) is 0. The number of aromatic nitrogens is 2. The molecule has 0 N–H and O–H groups in total. The fraction of sp³-hybridized carbons (Fsp3) is 0.273. The van der Waals surface area contributed by atoms with Crippen LogP contribution in [-0.2, 0) is 0 Å². The van der Waals surface area contributed by atoms with Gasteiger partial charge >= 0.3 is 0 Å². The Labute approximate surface area is 84.9 Å². The molecule has 0 aromatic carbocycles. The molecule has 1 heterocycles. The molecule has 76 valence electrons. The first kappa shape index (κ1) is 12.4. The van der Waals surface area contributed by atoms with Gasteiger partial charge in [0, 0.05) is 12.5 Å². The quantitative estimate of drug-likeness (QED) is 0.690. The van der Waals surface area contributed by atoms with Gasteiger partial charge in [-0.15, -0.1) is 10.2 Å². The summed E-state index contributed by atoms with van der Waals surface area (Å²) in [5, 5.41) is 7.53. The molecule has 0 aliphatic heterocycles. The minimum Gasteiger partial charge on any atom is -0.421 e. The second-order valence-electron chi connectivity index (χ2n) is 2.19. The minimum atomic E-state index is 0.474. The van der Waals surface area contributed by atoms with Gasteiger partial charge in [0.05, 0.1) is 0 Å². The van der Waals surface area contributed by atoms with Crippen molar-refractivity contribution in [2.45, 2.75) is 20.8 Å². The maximum Gasteiger partial charge on any atom is 0.247 e. The van der Waals surface area contributed by atoms with Gasteiger partial charge in [-0.1, -0.05) is 45.2 Å². The molecule has 1 rings (SSSR count). The van der Waals surface area contributed by atoms with Crippen molar-refractivity contribution < 1.29 is 4.42 Å². The Hall–Kier alpha value is -1.64. The molecule has 0 atom stereocenters. The smallest absolute Gasteiger partial charge is 0.247 e. The van der Waals surface area contributed by atoms with Crippen LogP contribution in [0.2, 0.25) is 0 Å². The van der Waals surface area contributed by atoms with E-state index in [2.05, 4.69) is 23.4 Å².